The van der Waals surface area contributed by atoms with Gasteiger partial charge in [-0.05, 0) is 68.3 Å². The van der Waals surface area contributed by atoms with Crippen LogP contribution in [0.25, 0.3) is 11.0 Å². The molecule has 13 nitrogen and oxygen atoms in total. The Morgan fingerprint density at radius 1 is 1.00 bits per heavy atom. The van der Waals surface area contributed by atoms with Gasteiger partial charge in [0.25, 0.3) is 5.91 Å². The number of hydrogen-bond acceptors (Lipinski definition) is 9. The minimum atomic E-state index is -0.999. The molecule has 0 atom stereocenters. The van der Waals surface area contributed by atoms with Crippen LogP contribution in [0.2, 0.25) is 0 Å². The summed E-state index contributed by atoms with van der Waals surface area (Å²) >= 11 is 0. The molecule has 0 unspecified atom stereocenters. The third kappa shape index (κ3) is 12.7. The summed E-state index contributed by atoms with van der Waals surface area (Å²) in [6.45, 7) is 8.61. The minimum absolute atomic E-state index is 0.00645. The molecule has 0 radical (unpaired) electrons. The van der Waals surface area contributed by atoms with Gasteiger partial charge in [0.1, 0.15) is 11.6 Å². The van der Waals surface area contributed by atoms with Gasteiger partial charge >= 0.3 is 12.1 Å². The van der Waals surface area contributed by atoms with E-state index in [0.717, 1.165) is 61.5 Å². The molecule has 0 aliphatic carbocycles. The number of amides is 2. The number of benzene rings is 2. The van der Waals surface area contributed by atoms with Gasteiger partial charge in [0.05, 0.1) is 36.8 Å². The van der Waals surface area contributed by atoms with E-state index >= 15 is 0 Å². The number of hydrogen-bond donors (Lipinski definition) is 3. The van der Waals surface area contributed by atoms with E-state index in [1.165, 1.54) is 4.90 Å². The number of rotatable bonds is 17. The number of unbranched alkanes of at least 4 members (excludes halogenated alkanes) is 3. The molecule has 2 amide bonds. The topological polar surface area (TPSA) is 160 Å². The minimum Gasteiger partial charge on any atom is -0.481 e. The summed E-state index contributed by atoms with van der Waals surface area (Å²) in [6, 6.07) is 17.9. The van der Waals surface area contributed by atoms with Crippen LogP contribution in [0, 0.1) is 0 Å². The number of hydrazone groups is 1. The van der Waals surface area contributed by atoms with Crippen LogP contribution in [0.15, 0.2) is 72.0 Å². The van der Waals surface area contributed by atoms with Crippen molar-refractivity contribution in [3.05, 3.63) is 83.8 Å². The molecule has 0 spiro atoms. The predicted octanol–water partition coefficient (Wildman–Crippen LogP) is 6.39. The first-order valence-electron chi connectivity index (χ1n) is 16.5. The molecular weight excluding hydrogens is 626 g/mol. The zero-order valence-electron chi connectivity index (χ0n) is 28.7. The van der Waals surface area contributed by atoms with Gasteiger partial charge in [0, 0.05) is 44.3 Å². The Balaban J connectivity index is 0.00000121. The van der Waals surface area contributed by atoms with Crippen LogP contribution in [0.5, 0.6) is 0 Å². The smallest absolute Gasteiger partial charge is 0.427 e. The average Bonchev–Trinajstić information content (AvgIpc) is 3.43. The van der Waals surface area contributed by atoms with Crippen molar-refractivity contribution >= 4 is 46.7 Å². The molecule has 0 fully saturated rings. The van der Waals surface area contributed by atoms with Gasteiger partial charge in [-0.1, -0.05) is 44.4 Å². The van der Waals surface area contributed by atoms with Gasteiger partial charge in [0.15, 0.2) is 0 Å². The zero-order valence-corrected chi connectivity index (χ0v) is 28.7. The molecular formula is C36H47N7O6. The van der Waals surface area contributed by atoms with E-state index in [1.54, 1.807) is 42.7 Å². The van der Waals surface area contributed by atoms with Crippen LogP contribution >= 0.6 is 0 Å². The number of pyridine rings is 1. The Bertz CT molecular complexity index is 1640. The monoisotopic (exact) mass is 673 g/mol. The number of aryl methyl sites for hydroxylation is 1. The third-order valence-electron chi connectivity index (χ3n) is 7.31. The molecule has 13 heteroatoms. The Labute approximate surface area is 287 Å². The number of carbonyl (C=O) groups is 3. The summed E-state index contributed by atoms with van der Waals surface area (Å²) < 4.78 is 11.9. The van der Waals surface area contributed by atoms with Crippen LogP contribution in [0.4, 0.5) is 16.3 Å². The third-order valence-corrected chi connectivity index (χ3v) is 7.31. The van der Waals surface area contributed by atoms with E-state index in [0.29, 0.717) is 30.0 Å². The van der Waals surface area contributed by atoms with Crippen molar-refractivity contribution in [2.45, 2.75) is 59.4 Å². The second-order valence-corrected chi connectivity index (χ2v) is 10.9. The van der Waals surface area contributed by atoms with E-state index in [9.17, 15) is 19.5 Å². The SMILES string of the molecule is CCCCCCOC(=O)NN=Cc1ccc(NCc2nc3cc(C(=O)N(CCC(=O)O)c4ccccn4)ccc3n2C)cc1.CCOCC. The van der Waals surface area contributed by atoms with E-state index in [4.69, 9.17) is 14.5 Å². The molecule has 2 aromatic carbocycles. The Kier molecular flexibility index (Phi) is 16.2. The van der Waals surface area contributed by atoms with Crippen molar-refractivity contribution in [3.8, 4) is 0 Å². The van der Waals surface area contributed by atoms with Crippen molar-refractivity contribution in [1.82, 2.24) is 20.0 Å². The lowest BCUT2D eigenvalue weighted by Crippen LogP contribution is -2.33. The summed E-state index contributed by atoms with van der Waals surface area (Å²) in [5.74, 6) is -0.203. The first kappa shape index (κ1) is 38.2. The van der Waals surface area contributed by atoms with Crippen LogP contribution in [-0.4, -0.2) is 70.2 Å². The number of carboxylic acids is 1. The maximum atomic E-state index is 13.4. The summed E-state index contributed by atoms with van der Waals surface area (Å²) in [5.41, 5.74) is 5.93. The fraction of sp³-hybridized carbons (Fsp3) is 0.389. The maximum Gasteiger partial charge on any atom is 0.427 e. The van der Waals surface area contributed by atoms with Crippen LogP contribution in [0.3, 0.4) is 0 Å². The molecule has 0 aliphatic rings. The van der Waals surface area contributed by atoms with Crippen LogP contribution < -0.4 is 15.6 Å². The highest BCUT2D eigenvalue weighted by Gasteiger charge is 2.21. The number of anilines is 2. The zero-order chi connectivity index (χ0) is 35.4. The number of aliphatic carboxylic acids is 1. The highest BCUT2D eigenvalue weighted by Crippen LogP contribution is 2.21. The normalized spacial score (nSPS) is 10.8. The fourth-order valence-corrected chi connectivity index (χ4v) is 4.70. The number of nitrogens with zero attached hydrogens (tertiary/aromatic N) is 5. The second-order valence-electron chi connectivity index (χ2n) is 10.9. The number of carbonyl (C=O) groups excluding carboxylic acids is 2. The van der Waals surface area contributed by atoms with E-state index < -0.39 is 12.1 Å². The standard InChI is InChI=1S/C32H37N7O5.C4H10O/c1-3-4-5-8-19-44-32(43)37-35-21-23-10-13-25(14-11-23)34-22-29-36-26-20-24(12-15-27(26)38(29)2)31(42)39(18-16-30(40)41)28-9-6-7-17-33-28;1-3-5-4-2/h6-7,9-15,17,20-21,34H,3-5,8,16,18-19,22H2,1-2H3,(H,37,43)(H,40,41);3-4H2,1-2H3. The molecule has 0 saturated carbocycles. The number of nitrogens with one attached hydrogen (secondary N) is 2. The van der Waals surface area contributed by atoms with Crippen molar-refractivity contribution in [3.63, 3.8) is 0 Å². The second kappa shape index (κ2) is 20.8. The lowest BCUT2D eigenvalue weighted by molar-refractivity contribution is -0.136. The molecule has 0 aliphatic heterocycles. The fourth-order valence-electron chi connectivity index (χ4n) is 4.70. The van der Waals surface area contributed by atoms with E-state index in [2.05, 4.69) is 27.8 Å². The lowest BCUT2D eigenvalue weighted by Gasteiger charge is -2.21. The quantitative estimate of drug-likeness (QED) is 0.0656. The Morgan fingerprint density at radius 2 is 1.78 bits per heavy atom. The summed E-state index contributed by atoms with van der Waals surface area (Å²) in [5, 5.41) is 16.5. The van der Waals surface area contributed by atoms with Gasteiger partial charge in [-0.3, -0.25) is 14.5 Å². The summed E-state index contributed by atoms with van der Waals surface area (Å²) in [6.07, 6.45) is 6.46. The van der Waals surface area contributed by atoms with Gasteiger partial charge in [-0.15, -0.1) is 0 Å². The first-order valence-corrected chi connectivity index (χ1v) is 16.5. The lowest BCUT2D eigenvalue weighted by atomic mass is 10.1. The predicted molar refractivity (Wildman–Crippen MR) is 191 cm³/mol. The first-order chi connectivity index (χ1) is 23.8. The number of aromatic nitrogens is 3. The molecule has 4 aromatic rings. The van der Waals surface area contributed by atoms with Gasteiger partial charge in [-0.2, -0.15) is 5.10 Å². The van der Waals surface area contributed by atoms with Crippen molar-refractivity contribution in [2.75, 3.05) is 36.6 Å². The molecule has 4 rings (SSSR count). The van der Waals surface area contributed by atoms with Crippen molar-refractivity contribution in [1.29, 1.82) is 0 Å². The van der Waals surface area contributed by atoms with Gasteiger partial charge in [0.2, 0.25) is 0 Å². The number of ether oxygens (including phenoxy) is 2. The number of carboxylic acid groups (broad SMARTS) is 1. The molecule has 2 aromatic heterocycles. The molecule has 49 heavy (non-hydrogen) atoms. The number of imidazole rings is 1. The Morgan fingerprint density at radius 3 is 2.43 bits per heavy atom. The summed E-state index contributed by atoms with van der Waals surface area (Å²) in [4.78, 5) is 46.7. The van der Waals surface area contributed by atoms with E-state index in [-0.39, 0.29) is 18.9 Å². The van der Waals surface area contributed by atoms with Crippen molar-refractivity contribution < 1.29 is 29.0 Å². The highest BCUT2D eigenvalue weighted by atomic mass is 16.6. The molecule has 0 saturated heterocycles. The molecule has 3 N–H and O–H groups in total. The molecule has 262 valence electrons. The largest absolute Gasteiger partial charge is 0.481 e. The van der Waals surface area contributed by atoms with Gasteiger partial charge < -0.3 is 24.5 Å². The van der Waals surface area contributed by atoms with Crippen LogP contribution in [-0.2, 0) is 27.9 Å². The average molecular weight is 674 g/mol. The maximum absolute atomic E-state index is 13.4. The van der Waals surface area contributed by atoms with Gasteiger partial charge in [-0.25, -0.2) is 20.2 Å². The number of fused-ring (bicyclic) bond motifs is 1. The van der Waals surface area contributed by atoms with Crippen LogP contribution in [0.1, 0.15) is 74.6 Å². The molecule has 2 heterocycles. The molecule has 0 bridgehead atoms. The summed E-state index contributed by atoms with van der Waals surface area (Å²) in [7, 11) is 1.91. The highest BCUT2D eigenvalue weighted by molar-refractivity contribution is 6.07. The van der Waals surface area contributed by atoms with Crippen molar-refractivity contribution in [2.24, 2.45) is 12.1 Å². The Hall–Kier alpha value is -5.30. The van der Waals surface area contributed by atoms with E-state index in [1.807, 2.05) is 55.8 Å².